The van der Waals surface area contributed by atoms with Crippen molar-refractivity contribution in [2.24, 2.45) is 0 Å². The third-order valence-electron chi connectivity index (χ3n) is 5.00. The van der Waals surface area contributed by atoms with E-state index >= 15 is 0 Å². The molecule has 28 heavy (non-hydrogen) atoms. The molecule has 144 valence electrons. The van der Waals surface area contributed by atoms with Gasteiger partial charge in [-0.05, 0) is 24.6 Å². The van der Waals surface area contributed by atoms with Crippen molar-refractivity contribution >= 4 is 35.2 Å². The summed E-state index contributed by atoms with van der Waals surface area (Å²) in [4.78, 5) is 38.8. The van der Waals surface area contributed by atoms with Gasteiger partial charge in [-0.3, -0.25) is 14.5 Å². The van der Waals surface area contributed by atoms with Gasteiger partial charge in [0.2, 0.25) is 5.91 Å². The predicted molar refractivity (Wildman–Crippen MR) is 106 cm³/mol. The van der Waals surface area contributed by atoms with E-state index in [9.17, 15) is 14.4 Å². The number of hydrogen-bond acceptors (Lipinski definition) is 5. The molecular weight excluding hydrogens is 376 g/mol. The molecule has 2 aromatic carbocycles. The topological polar surface area (TPSA) is 75.7 Å². The lowest BCUT2D eigenvalue weighted by molar-refractivity contribution is -0.151. The first-order chi connectivity index (χ1) is 13.5. The molecule has 2 unspecified atom stereocenters. The van der Waals surface area contributed by atoms with Gasteiger partial charge in [0.15, 0.2) is 11.5 Å². The van der Waals surface area contributed by atoms with Crippen LogP contribution in [0.3, 0.4) is 0 Å². The number of fused-ring (bicyclic) bond motifs is 3. The van der Waals surface area contributed by atoms with Gasteiger partial charge in [0.25, 0.3) is 5.91 Å². The molecule has 2 aromatic rings. The van der Waals surface area contributed by atoms with E-state index in [2.05, 4.69) is 5.32 Å². The number of carbonyl (C=O) groups excluding carboxylic acids is 3. The molecule has 0 saturated carbocycles. The second kappa shape index (κ2) is 7.31. The Balaban J connectivity index is 1.41. The first-order valence-corrected chi connectivity index (χ1v) is 9.95. The number of ether oxygens (including phenoxy) is 1. The maximum Gasteiger partial charge on any atom is 0.344 e. The van der Waals surface area contributed by atoms with Gasteiger partial charge >= 0.3 is 5.97 Å². The van der Waals surface area contributed by atoms with Crippen molar-refractivity contribution < 1.29 is 19.1 Å². The molecule has 2 aliphatic heterocycles. The molecular formula is C21H20N2O4S. The summed E-state index contributed by atoms with van der Waals surface area (Å²) in [5.74, 6) is -1.03. The molecule has 2 atom stereocenters. The number of carbonyl (C=O) groups is 3. The fourth-order valence-corrected chi connectivity index (χ4v) is 5.04. The number of para-hydroxylation sites is 1. The quantitative estimate of drug-likeness (QED) is 0.787. The molecule has 2 aliphatic rings. The lowest BCUT2D eigenvalue weighted by Gasteiger charge is -2.28. The SMILES string of the molecule is CC(NC(=O)COC(=O)C12CCC(=O)N1c1ccccc1S2)c1ccccc1. The minimum Gasteiger partial charge on any atom is -0.453 e. The van der Waals surface area contributed by atoms with Gasteiger partial charge in [0, 0.05) is 17.7 Å². The monoisotopic (exact) mass is 396 g/mol. The van der Waals surface area contributed by atoms with E-state index < -0.39 is 10.8 Å². The average Bonchev–Trinajstić information content (AvgIpc) is 3.22. The number of anilines is 1. The molecule has 1 saturated heterocycles. The molecule has 0 aliphatic carbocycles. The zero-order valence-corrected chi connectivity index (χ0v) is 16.2. The van der Waals surface area contributed by atoms with Gasteiger partial charge in [-0.1, -0.05) is 54.2 Å². The summed E-state index contributed by atoms with van der Waals surface area (Å²) >= 11 is 1.33. The Kier molecular flexibility index (Phi) is 4.85. The van der Waals surface area contributed by atoms with E-state index in [-0.39, 0.29) is 30.9 Å². The van der Waals surface area contributed by atoms with E-state index in [1.54, 1.807) is 0 Å². The minimum atomic E-state index is -1.11. The normalized spacial score (nSPS) is 21.0. The Hall–Kier alpha value is -2.80. The second-order valence-corrected chi connectivity index (χ2v) is 8.18. The fourth-order valence-electron chi connectivity index (χ4n) is 3.62. The van der Waals surface area contributed by atoms with Crippen LogP contribution in [-0.2, 0) is 19.1 Å². The molecule has 2 heterocycles. The lowest BCUT2D eigenvalue weighted by Crippen LogP contribution is -2.48. The molecule has 0 radical (unpaired) electrons. The maximum atomic E-state index is 12.9. The number of rotatable bonds is 5. The second-order valence-electron chi connectivity index (χ2n) is 6.86. The zero-order valence-electron chi connectivity index (χ0n) is 15.4. The summed E-state index contributed by atoms with van der Waals surface area (Å²) < 4.78 is 5.34. The highest BCUT2D eigenvalue weighted by molar-refractivity contribution is 8.02. The van der Waals surface area contributed by atoms with Gasteiger partial charge in [0.1, 0.15) is 0 Å². The summed E-state index contributed by atoms with van der Waals surface area (Å²) in [6.07, 6.45) is 0.653. The van der Waals surface area contributed by atoms with E-state index in [0.29, 0.717) is 6.42 Å². The van der Waals surface area contributed by atoms with Gasteiger partial charge in [0.05, 0.1) is 11.7 Å². The standard InChI is InChI=1S/C21H20N2O4S/c1-14(15-7-3-2-4-8-15)22-18(24)13-27-20(26)21-12-11-19(25)23(21)16-9-5-6-10-17(16)28-21/h2-10,14H,11-13H2,1H3,(H,22,24). The van der Waals surface area contributed by atoms with Crippen molar-refractivity contribution in [3.63, 3.8) is 0 Å². The van der Waals surface area contributed by atoms with Crippen LogP contribution in [0.2, 0.25) is 0 Å². The van der Waals surface area contributed by atoms with E-state index in [1.165, 1.54) is 16.7 Å². The lowest BCUT2D eigenvalue weighted by atomic mass is 10.1. The van der Waals surface area contributed by atoms with E-state index in [0.717, 1.165) is 16.1 Å². The number of hydrogen-bond donors (Lipinski definition) is 1. The third-order valence-corrected chi connectivity index (χ3v) is 6.46. The third kappa shape index (κ3) is 3.16. The molecule has 7 heteroatoms. The first-order valence-electron chi connectivity index (χ1n) is 9.14. The summed E-state index contributed by atoms with van der Waals surface area (Å²) in [5.41, 5.74) is 1.70. The molecule has 0 aromatic heterocycles. The fraction of sp³-hybridized carbons (Fsp3) is 0.286. The Morgan fingerprint density at radius 3 is 2.68 bits per heavy atom. The zero-order chi connectivity index (χ0) is 19.7. The summed E-state index contributed by atoms with van der Waals surface area (Å²) in [5, 5.41) is 2.82. The Morgan fingerprint density at radius 2 is 1.89 bits per heavy atom. The Labute approximate surface area is 167 Å². The largest absolute Gasteiger partial charge is 0.453 e. The number of benzene rings is 2. The highest BCUT2D eigenvalue weighted by Crippen LogP contribution is 2.56. The number of amides is 2. The summed E-state index contributed by atoms with van der Waals surface area (Å²) in [6, 6.07) is 16.8. The Bertz CT molecular complexity index is 933. The van der Waals surface area contributed by atoms with Crippen LogP contribution >= 0.6 is 11.8 Å². The first kappa shape index (κ1) is 18.6. The molecule has 6 nitrogen and oxygen atoms in total. The van der Waals surface area contributed by atoms with Crippen LogP contribution < -0.4 is 10.2 Å². The average molecular weight is 396 g/mol. The van der Waals surface area contributed by atoms with Gasteiger partial charge < -0.3 is 10.1 Å². The van der Waals surface area contributed by atoms with Crippen molar-refractivity contribution in [1.29, 1.82) is 0 Å². The van der Waals surface area contributed by atoms with Crippen LogP contribution in [0.1, 0.15) is 31.4 Å². The summed E-state index contributed by atoms with van der Waals surface area (Å²) in [7, 11) is 0. The van der Waals surface area contributed by atoms with E-state index in [4.69, 9.17) is 4.74 Å². The van der Waals surface area contributed by atoms with Crippen molar-refractivity contribution in [3.8, 4) is 0 Å². The molecule has 1 fully saturated rings. The van der Waals surface area contributed by atoms with Crippen molar-refractivity contribution in [1.82, 2.24) is 5.32 Å². The minimum absolute atomic E-state index is 0.100. The van der Waals surface area contributed by atoms with Crippen LogP contribution in [0, 0.1) is 0 Å². The van der Waals surface area contributed by atoms with Crippen LogP contribution in [-0.4, -0.2) is 29.3 Å². The highest BCUT2D eigenvalue weighted by atomic mass is 32.2. The van der Waals surface area contributed by atoms with E-state index in [1.807, 2.05) is 61.5 Å². The smallest absolute Gasteiger partial charge is 0.344 e. The van der Waals surface area contributed by atoms with Gasteiger partial charge in [-0.15, -0.1) is 0 Å². The van der Waals surface area contributed by atoms with Gasteiger partial charge in [-0.25, -0.2) is 4.79 Å². The molecule has 1 N–H and O–H groups in total. The molecule has 0 bridgehead atoms. The Morgan fingerprint density at radius 1 is 1.18 bits per heavy atom. The molecule has 4 rings (SSSR count). The molecule has 0 spiro atoms. The van der Waals surface area contributed by atoms with Gasteiger partial charge in [-0.2, -0.15) is 0 Å². The summed E-state index contributed by atoms with van der Waals surface area (Å²) in [6.45, 7) is 1.49. The van der Waals surface area contributed by atoms with Crippen LogP contribution in [0.15, 0.2) is 59.5 Å². The van der Waals surface area contributed by atoms with Crippen molar-refractivity contribution in [2.75, 3.05) is 11.5 Å². The number of nitrogens with one attached hydrogen (secondary N) is 1. The number of esters is 1. The van der Waals surface area contributed by atoms with Crippen LogP contribution in [0.5, 0.6) is 0 Å². The maximum absolute atomic E-state index is 12.9. The highest BCUT2D eigenvalue weighted by Gasteiger charge is 2.58. The van der Waals surface area contributed by atoms with Crippen LogP contribution in [0.4, 0.5) is 5.69 Å². The molecule has 2 amide bonds. The number of thioether (sulfide) groups is 1. The van der Waals surface area contributed by atoms with Crippen molar-refractivity contribution in [3.05, 3.63) is 60.2 Å². The predicted octanol–water partition coefficient (Wildman–Crippen LogP) is 3.04. The van der Waals surface area contributed by atoms with Crippen LogP contribution in [0.25, 0.3) is 0 Å². The van der Waals surface area contributed by atoms with Crippen molar-refractivity contribution in [2.45, 2.75) is 35.6 Å². The number of nitrogens with zero attached hydrogens (tertiary/aromatic N) is 1.